The molecule has 2 aromatic carbocycles. The molecule has 2 aromatic rings. The molecule has 148 valence electrons. The van der Waals surface area contributed by atoms with Crippen LogP contribution in [0.5, 0.6) is 0 Å². The lowest BCUT2D eigenvalue weighted by atomic mass is 10.1. The molecule has 0 bridgehead atoms. The van der Waals surface area contributed by atoms with Crippen LogP contribution in [0.25, 0.3) is 0 Å². The van der Waals surface area contributed by atoms with E-state index in [1.54, 1.807) is 17.0 Å². The molecule has 0 atom stereocenters. The van der Waals surface area contributed by atoms with Crippen molar-refractivity contribution >= 4 is 35.0 Å². The topological polar surface area (TPSA) is 52.6 Å². The number of carbonyl (C=O) groups excluding carboxylic acids is 2. The maximum Gasteiger partial charge on any atom is 0.253 e. The van der Waals surface area contributed by atoms with Crippen molar-refractivity contribution in [2.24, 2.45) is 0 Å². The third-order valence-corrected chi connectivity index (χ3v) is 5.34. The summed E-state index contributed by atoms with van der Waals surface area (Å²) >= 11 is 11.9. The highest BCUT2D eigenvalue weighted by molar-refractivity contribution is 6.36. The molecule has 5 nitrogen and oxygen atoms in total. The summed E-state index contributed by atoms with van der Waals surface area (Å²) in [5.74, 6) is -0.471. The Labute approximate surface area is 175 Å². The Morgan fingerprint density at radius 3 is 2.46 bits per heavy atom. The minimum absolute atomic E-state index is 0.0460. The van der Waals surface area contributed by atoms with Crippen molar-refractivity contribution in [3.63, 3.8) is 0 Å². The first-order valence-electron chi connectivity index (χ1n) is 9.21. The zero-order valence-corrected chi connectivity index (χ0v) is 17.3. The second-order valence-corrected chi connectivity index (χ2v) is 7.80. The fourth-order valence-corrected chi connectivity index (χ4v) is 3.75. The van der Waals surface area contributed by atoms with Crippen LogP contribution in [0.1, 0.15) is 21.5 Å². The number of hydrogen-bond acceptors (Lipinski definition) is 3. The van der Waals surface area contributed by atoms with E-state index in [1.165, 1.54) is 17.2 Å². The summed E-state index contributed by atoms with van der Waals surface area (Å²) in [6, 6.07) is 13.1. The highest BCUT2D eigenvalue weighted by atomic mass is 35.5. The van der Waals surface area contributed by atoms with Gasteiger partial charge < -0.3 is 10.2 Å². The first-order chi connectivity index (χ1) is 13.4. The van der Waals surface area contributed by atoms with Crippen molar-refractivity contribution in [3.05, 3.63) is 69.2 Å². The van der Waals surface area contributed by atoms with Gasteiger partial charge in [-0.2, -0.15) is 0 Å². The van der Waals surface area contributed by atoms with Gasteiger partial charge >= 0.3 is 0 Å². The molecule has 1 N–H and O–H groups in total. The lowest BCUT2D eigenvalue weighted by molar-refractivity contribution is -0.131. The lowest BCUT2D eigenvalue weighted by Crippen LogP contribution is -2.50. The zero-order chi connectivity index (χ0) is 20.1. The molecule has 0 aromatic heterocycles. The summed E-state index contributed by atoms with van der Waals surface area (Å²) in [6.07, 6.45) is 0. The third kappa shape index (κ3) is 5.47. The van der Waals surface area contributed by atoms with E-state index in [-0.39, 0.29) is 23.4 Å². The molecule has 1 saturated heterocycles. The third-order valence-electron chi connectivity index (χ3n) is 4.79. The monoisotopic (exact) mass is 419 g/mol. The molecule has 1 aliphatic rings. The number of nitrogens with zero attached hydrogens (tertiary/aromatic N) is 2. The Hall–Kier alpha value is -2.08. The van der Waals surface area contributed by atoms with Crippen molar-refractivity contribution in [2.45, 2.75) is 13.5 Å². The number of aryl methyl sites for hydroxylation is 1. The van der Waals surface area contributed by atoms with Gasteiger partial charge in [-0.3, -0.25) is 14.5 Å². The largest absolute Gasteiger partial charge is 0.343 e. The van der Waals surface area contributed by atoms with E-state index in [9.17, 15) is 9.59 Å². The fourth-order valence-electron chi connectivity index (χ4n) is 3.26. The van der Waals surface area contributed by atoms with Crippen LogP contribution in [0.3, 0.4) is 0 Å². The number of halogens is 2. The summed E-state index contributed by atoms with van der Waals surface area (Å²) in [6.45, 7) is 5.87. The molecule has 0 unspecified atom stereocenters. The zero-order valence-electron chi connectivity index (χ0n) is 15.8. The predicted molar refractivity (Wildman–Crippen MR) is 112 cm³/mol. The van der Waals surface area contributed by atoms with E-state index in [2.05, 4.69) is 41.4 Å². The first kappa shape index (κ1) is 20.6. The van der Waals surface area contributed by atoms with Gasteiger partial charge in [0.05, 0.1) is 17.1 Å². The maximum atomic E-state index is 12.4. The highest BCUT2D eigenvalue weighted by Crippen LogP contribution is 2.20. The van der Waals surface area contributed by atoms with Gasteiger partial charge in [0.2, 0.25) is 5.91 Å². The van der Waals surface area contributed by atoms with Crippen molar-refractivity contribution in [1.82, 2.24) is 15.1 Å². The van der Waals surface area contributed by atoms with Crippen LogP contribution < -0.4 is 5.32 Å². The first-order valence-corrected chi connectivity index (χ1v) is 9.97. The van der Waals surface area contributed by atoms with Gasteiger partial charge in [-0.15, -0.1) is 0 Å². The van der Waals surface area contributed by atoms with E-state index in [0.717, 1.165) is 19.6 Å². The molecule has 3 rings (SSSR count). The van der Waals surface area contributed by atoms with Crippen LogP contribution in [-0.2, 0) is 11.3 Å². The summed E-state index contributed by atoms with van der Waals surface area (Å²) in [5, 5.41) is 3.37. The van der Waals surface area contributed by atoms with Gasteiger partial charge in [0.15, 0.2) is 0 Å². The molecular formula is C21H23Cl2N3O2. The van der Waals surface area contributed by atoms with E-state index in [4.69, 9.17) is 23.2 Å². The number of amides is 2. The van der Waals surface area contributed by atoms with E-state index >= 15 is 0 Å². The molecule has 7 heteroatoms. The van der Waals surface area contributed by atoms with Gasteiger partial charge in [-0.05, 0) is 30.7 Å². The molecule has 1 fully saturated rings. The van der Waals surface area contributed by atoms with Crippen LogP contribution in [0.2, 0.25) is 10.0 Å². The van der Waals surface area contributed by atoms with Gasteiger partial charge in [0, 0.05) is 37.7 Å². The SMILES string of the molecule is Cc1cccc(CN2CCN(C(=O)CNC(=O)c3ccc(Cl)cc3Cl)CC2)c1. The second kappa shape index (κ2) is 9.41. The smallest absolute Gasteiger partial charge is 0.253 e. The quantitative estimate of drug-likeness (QED) is 0.807. The van der Waals surface area contributed by atoms with E-state index in [0.29, 0.717) is 23.7 Å². The van der Waals surface area contributed by atoms with Crippen molar-refractivity contribution in [1.29, 1.82) is 0 Å². The normalized spacial score (nSPS) is 14.8. The van der Waals surface area contributed by atoms with Gasteiger partial charge in [0.1, 0.15) is 0 Å². The molecule has 0 saturated carbocycles. The Balaban J connectivity index is 1.45. The number of benzene rings is 2. The minimum atomic E-state index is -0.381. The maximum absolute atomic E-state index is 12.4. The summed E-state index contributed by atoms with van der Waals surface area (Å²) in [7, 11) is 0. The highest BCUT2D eigenvalue weighted by Gasteiger charge is 2.22. The Bertz CT molecular complexity index is 864. The van der Waals surface area contributed by atoms with Crippen LogP contribution in [0.4, 0.5) is 0 Å². The molecule has 1 aliphatic heterocycles. The predicted octanol–water partition coefficient (Wildman–Crippen LogP) is 3.38. The van der Waals surface area contributed by atoms with Crippen LogP contribution in [0.15, 0.2) is 42.5 Å². The number of nitrogens with one attached hydrogen (secondary N) is 1. The van der Waals surface area contributed by atoms with E-state index < -0.39 is 0 Å². The lowest BCUT2D eigenvalue weighted by Gasteiger charge is -2.34. The fraction of sp³-hybridized carbons (Fsp3) is 0.333. The van der Waals surface area contributed by atoms with Crippen LogP contribution >= 0.6 is 23.2 Å². The average molecular weight is 420 g/mol. The van der Waals surface area contributed by atoms with Crippen molar-refractivity contribution < 1.29 is 9.59 Å². The van der Waals surface area contributed by atoms with Crippen LogP contribution in [-0.4, -0.2) is 54.3 Å². The van der Waals surface area contributed by atoms with Crippen LogP contribution in [0, 0.1) is 6.92 Å². The summed E-state index contributed by atoms with van der Waals surface area (Å²) in [5.41, 5.74) is 2.84. The average Bonchev–Trinajstić information content (AvgIpc) is 2.66. The van der Waals surface area contributed by atoms with Gasteiger partial charge in [-0.25, -0.2) is 0 Å². The van der Waals surface area contributed by atoms with Crippen molar-refractivity contribution in [3.8, 4) is 0 Å². The Morgan fingerprint density at radius 1 is 1.04 bits per heavy atom. The minimum Gasteiger partial charge on any atom is -0.343 e. The molecule has 0 radical (unpaired) electrons. The Kier molecular flexibility index (Phi) is 6.94. The standard InChI is InChI=1S/C21H23Cl2N3O2/c1-15-3-2-4-16(11-15)14-25-7-9-26(10-8-25)20(27)13-24-21(28)18-6-5-17(22)12-19(18)23/h2-6,11-12H,7-10,13-14H2,1H3,(H,24,28). The Morgan fingerprint density at radius 2 is 1.79 bits per heavy atom. The molecule has 0 spiro atoms. The summed E-state index contributed by atoms with van der Waals surface area (Å²) < 4.78 is 0. The molecule has 2 amide bonds. The molecular weight excluding hydrogens is 397 g/mol. The number of hydrogen-bond donors (Lipinski definition) is 1. The van der Waals surface area contributed by atoms with Crippen molar-refractivity contribution in [2.75, 3.05) is 32.7 Å². The number of piperazine rings is 1. The molecule has 1 heterocycles. The summed E-state index contributed by atoms with van der Waals surface area (Å²) in [4.78, 5) is 28.8. The van der Waals surface area contributed by atoms with E-state index in [1.807, 2.05) is 0 Å². The second-order valence-electron chi connectivity index (χ2n) is 6.95. The van der Waals surface area contributed by atoms with Gasteiger partial charge in [0.25, 0.3) is 5.91 Å². The number of rotatable bonds is 5. The molecule has 0 aliphatic carbocycles. The van der Waals surface area contributed by atoms with Gasteiger partial charge in [-0.1, -0.05) is 53.0 Å². The molecule has 28 heavy (non-hydrogen) atoms. The number of carbonyl (C=O) groups is 2.